The van der Waals surface area contributed by atoms with Crippen LogP contribution in [0.2, 0.25) is 10.0 Å². The third-order valence-electron chi connectivity index (χ3n) is 3.37. The minimum atomic E-state index is -0.574. The molecule has 0 bridgehead atoms. The van der Waals surface area contributed by atoms with Gasteiger partial charge in [-0.25, -0.2) is 0 Å². The molecule has 100 valence electrons. The smallest absolute Gasteiger partial charge is 0.0831 e. The third kappa shape index (κ3) is 3.30. The van der Waals surface area contributed by atoms with E-state index in [0.717, 1.165) is 5.56 Å². The molecular formula is C16H16Cl2O. The largest absolute Gasteiger partial charge is 0.388 e. The number of aliphatic hydroxyl groups excluding tert-OH is 1. The number of hydrogen-bond acceptors (Lipinski definition) is 1. The van der Waals surface area contributed by atoms with Crippen LogP contribution in [0.25, 0.3) is 0 Å². The Morgan fingerprint density at radius 1 is 1.00 bits per heavy atom. The van der Waals surface area contributed by atoms with Crippen molar-refractivity contribution >= 4 is 23.2 Å². The Balaban J connectivity index is 2.25. The van der Waals surface area contributed by atoms with Crippen LogP contribution in [-0.2, 0) is 6.42 Å². The van der Waals surface area contributed by atoms with E-state index in [-0.39, 0.29) is 0 Å². The SMILES string of the molecule is Cc1cccc(C)c1CC(O)c1ccc(Cl)c(Cl)c1. The van der Waals surface area contributed by atoms with Crippen molar-refractivity contribution < 1.29 is 5.11 Å². The first kappa shape index (κ1) is 14.4. The lowest BCUT2D eigenvalue weighted by atomic mass is 9.95. The summed E-state index contributed by atoms with van der Waals surface area (Å²) in [7, 11) is 0. The first-order chi connectivity index (χ1) is 8.99. The van der Waals surface area contributed by atoms with Gasteiger partial charge >= 0.3 is 0 Å². The molecular weight excluding hydrogens is 279 g/mol. The molecule has 3 heteroatoms. The third-order valence-corrected chi connectivity index (χ3v) is 4.11. The standard InChI is InChI=1S/C16H16Cl2O/c1-10-4-3-5-11(2)13(10)9-16(19)12-6-7-14(17)15(18)8-12/h3-8,16,19H,9H2,1-2H3. The van der Waals surface area contributed by atoms with Gasteiger partial charge in [0.05, 0.1) is 16.1 Å². The number of benzene rings is 2. The second-order valence-corrected chi connectivity index (χ2v) is 5.58. The predicted molar refractivity (Wildman–Crippen MR) is 81.0 cm³/mol. The van der Waals surface area contributed by atoms with Crippen LogP contribution in [0, 0.1) is 13.8 Å². The van der Waals surface area contributed by atoms with Gasteiger partial charge in [0.2, 0.25) is 0 Å². The van der Waals surface area contributed by atoms with Crippen LogP contribution in [-0.4, -0.2) is 5.11 Å². The zero-order valence-corrected chi connectivity index (χ0v) is 12.5. The zero-order chi connectivity index (χ0) is 14.0. The van der Waals surface area contributed by atoms with E-state index in [1.165, 1.54) is 16.7 Å². The van der Waals surface area contributed by atoms with Gasteiger partial charge in [-0.3, -0.25) is 0 Å². The molecule has 1 nitrogen and oxygen atoms in total. The highest BCUT2D eigenvalue weighted by atomic mass is 35.5. The lowest BCUT2D eigenvalue weighted by Gasteiger charge is -2.15. The Hall–Kier alpha value is -1.02. The summed E-state index contributed by atoms with van der Waals surface area (Å²) in [6.45, 7) is 4.12. The van der Waals surface area contributed by atoms with Crippen LogP contribution in [0.3, 0.4) is 0 Å². The van der Waals surface area contributed by atoms with E-state index in [2.05, 4.69) is 26.0 Å². The van der Waals surface area contributed by atoms with Crippen molar-refractivity contribution in [1.82, 2.24) is 0 Å². The van der Waals surface area contributed by atoms with Crippen molar-refractivity contribution in [2.75, 3.05) is 0 Å². The molecule has 0 aromatic heterocycles. The van der Waals surface area contributed by atoms with Crippen LogP contribution in [0.1, 0.15) is 28.4 Å². The Morgan fingerprint density at radius 2 is 1.63 bits per heavy atom. The van der Waals surface area contributed by atoms with Crippen LogP contribution < -0.4 is 0 Å². The fraction of sp³-hybridized carbons (Fsp3) is 0.250. The fourth-order valence-electron chi connectivity index (χ4n) is 2.20. The molecule has 2 aromatic carbocycles. The number of halogens is 2. The molecule has 1 atom stereocenters. The summed E-state index contributed by atoms with van der Waals surface area (Å²) in [5, 5.41) is 11.3. The molecule has 0 fully saturated rings. The number of hydrogen-bond donors (Lipinski definition) is 1. The molecule has 0 aliphatic heterocycles. The normalized spacial score (nSPS) is 12.5. The van der Waals surface area contributed by atoms with Gasteiger partial charge in [-0.05, 0) is 48.2 Å². The minimum Gasteiger partial charge on any atom is -0.388 e. The summed E-state index contributed by atoms with van der Waals surface area (Å²) in [6.07, 6.45) is 0.00535. The minimum absolute atomic E-state index is 0.472. The molecule has 0 amide bonds. The first-order valence-corrected chi connectivity index (χ1v) is 6.92. The molecule has 0 heterocycles. The van der Waals surface area contributed by atoms with Crippen molar-refractivity contribution in [2.24, 2.45) is 0 Å². The number of rotatable bonds is 3. The van der Waals surface area contributed by atoms with E-state index in [9.17, 15) is 5.11 Å². The van der Waals surface area contributed by atoms with Crippen molar-refractivity contribution in [2.45, 2.75) is 26.4 Å². The van der Waals surface area contributed by atoms with Crippen molar-refractivity contribution in [3.63, 3.8) is 0 Å². The molecule has 0 aliphatic rings. The molecule has 19 heavy (non-hydrogen) atoms. The van der Waals surface area contributed by atoms with Gasteiger partial charge in [-0.1, -0.05) is 47.5 Å². The fourth-order valence-corrected chi connectivity index (χ4v) is 2.51. The lowest BCUT2D eigenvalue weighted by Crippen LogP contribution is -2.05. The highest BCUT2D eigenvalue weighted by molar-refractivity contribution is 6.42. The highest BCUT2D eigenvalue weighted by Crippen LogP contribution is 2.28. The van der Waals surface area contributed by atoms with E-state index >= 15 is 0 Å². The summed E-state index contributed by atoms with van der Waals surface area (Å²) >= 11 is 11.9. The predicted octanol–water partition coefficient (Wildman–Crippen LogP) is 4.89. The van der Waals surface area contributed by atoms with Crippen LogP contribution in [0.4, 0.5) is 0 Å². The average Bonchev–Trinajstić information content (AvgIpc) is 2.37. The molecule has 2 aromatic rings. The first-order valence-electron chi connectivity index (χ1n) is 6.17. The Kier molecular flexibility index (Phi) is 4.51. The highest BCUT2D eigenvalue weighted by Gasteiger charge is 2.13. The van der Waals surface area contributed by atoms with Crippen LogP contribution in [0.15, 0.2) is 36.4 Å². The number of aryl methyl sites for hydroxylation is 2. The summed E-state index contributed by atoms with van der Waals surface area (Å²) in [4.78, 5) is 0. The van der Waals surface area contributed by atoms with Gasteiger partial charge in [0.15, 0.2) is 0 Å². The second-order valence-electron chi connectivity index (χ2n) is 4.76. The molecule has 0 aliphatic carbocycles. The van der Waals surface area contributed by atoms with Crippen LogP contribution >= 0.6 is 23.2 Å². The second kappa shape index (κ2) is 5.96. The van der Waals surface area contributed by atoms with E-state index in [0.29, 0.717) is 16.5 Å². The molecule has 0 saturated heterocycles. The Morgan fingerprint density at radius 3 is 2.21 bits per heavy atom. The zero-order valence-electron chi connectivity index (χ0n) is 11.0. The molecule has 1 N–H and O–H groups in total. The summed E-state index contributed by atoms with van der Waals surface area (Å²) in [6, 6.07) is 11.4. The summed E-state index contributed by atoms with van der Waals surface area (Å²) in [5.41, 5.74) is 4.36. The Labute approximate surface area is 123 Å². The van der Waals surface area contributed by atoms with E-state index in [1.54, 1.807) is 12.1 Å². The summed E-state index contributed by atoms with van der Waals surface area (Å²) < 4.78 is 0. The van der Waals surface area contributed by atoms with Crippen LogP contribution in [0.5, 0.6) is 0 Å². The quantitative estimate of drug-likeness (QED) is 0.855. The maximum absolute atomic E-state index is 10.3. The van der Waals surface area contributed by atoms with Crippen molar-refractivity contribution in [3.8, 4) is 0 Å². The lowest BCUT2D eigenvalue weighted by molar-refractivity contribution is 0.178. The van der Waals surface area contributed by atoms with Gasteiger partial charge in [0, 0.05) is 6.42 Å². The topological polar surface area (TPSA) is 20.2 Å². The van der Waals surface area contributed by atoms with Gasteiger partial charge < -0.3 is 5.11 Å². The maximum atomic E-state index is 10.3. The monoisotopic (exact) mass is 294 g/mol. The van der Waals surface area contributed by atoms with E-state index in [1.807, 2.05) is 12.1 Å². The summed E-state index contributed by atoms with van der Waals surface area (Å²) in [5.74, 6) is 0. The molecule has 0 spiro atoms. The van der Waals surface area contributed by atoms with E-state index in [4.69, 9.17) is 23.2 Å². The molecule has 2 rings (SSSR count). The maximum Gasteiger partial charge on any atom is 0.0831 e. The average molecular weight is 295 g/mol. The van der Waals surface area contributed by atoms with Gasteiger partial charge in [0.1, 0.15) is 0 Å². The van der Waals surface area contributed by atoms with Gasteiger partial charge in [-0.2, -0.15) is 0 Å². The molecule has 1 unspecified atom stereocenters. The Bertz CT molecular complexity index is 573. The van der Waals surface area contributed by atoms with Crippen molar-refractivity contribution in [1.29, 1.82) is 0 Å². The van der Waals surface area contributed by atoms with Gasteiger partial charge in [0.25, 0.3) is 0 Å². The van der Waals surface area contributed by atoms with Gasteiger partial charge in [-0.15, -0.1) is 0 Å². The van der Waals surface area contributed by atoms with E-state index < -0.39 is 6.10 Å². The van der Waals surface area contributed by atoms with Crippen molar-refractivity contribution in [3.05, 3.63) is 68.7 Å². The number of aliphatic hydroxyl groups is 1. The molecule has 0 saturated carbocycles. The molecule has 0 radical (unpaired) electrons.